The van der Waals surface area contributed by atoms with Crippen molar-refractivity contribution in [1.29, 1.82) is 0 Å². The van der Waals surface area contributed by atoms with Crippen LogP contribution in [0.1, 0.15) is 29.6 Å². The highest BCUT2D eigenvalue weighted by Gasteiger charge is 2.21. The second-order valence-electron chi connectivity index (χ2n) is 5.32. The van der Waals surface area contributed by atoms with E-state index in [1.807, 2.05) is 19.4 Å². The van der Waals surface area contributed by atoms with Gasteiger partial charge in [0.15, 0.2) is 0 Å². The number of hydrogen-bond donors (Lipinski definition) is 1. The quantitative estimate of drug-likeness (QED) is 0.760. The minimum atomic E-state index is 0.152. The van der Waals surface area contributed by atoms with Crippen LogP contribution in [-0.2, 0) is 11.8 Å². The molecule has 1 atom stereocenters. The maximum Gasteiger partial charge on any atom is 0.131 e. The molecule has 2 heterocycles. The van der Waals surface area contributed by atoms with Gasteiger partial charge in [0.1, 0.15) is 11.9 Å². The largest absolute Gasteiger partial charge is 0.380 e. The van der Waals surface area contributed by atoms with Gasteiger partial charge >= 0.3 is 0 Å². The number of nitrogens with zero attached hydrogens (tertiary/aromatic N) is 2. The molecule has 1 aliphatic rings. The molecule has 20 heavy (non-hydrogen) atoms. The van der Waals surface area contributed by atoms with Gasteiger partial charge in [0, 0.05) is 37.5 Å². The number of thiophene rings is 1. The lowest BCUT2D eigenvalue weighted by Crippen LogP contribution is -2.28. The third kappa shape index (κ3) is 3.48. The Kier molecular flexibility index (Phi) is 4.50. The minimum Gasteiger partial charge on any atom is -0.380 e. The molecule has 5 heteroatoms. The molecule has 108 valence electrons. The number of aryl methyl sites for hydroxylation is 1. The van der Waals surface area contributed by atoms with Crippen LogP contribution in [0.2, 0.25) is 0 Å². The van der Waals surface area contributed by atoms with Gasteiger partial charge in [0.2, 0.25) is 0 Å². The van der Waals surface area contributed by atoms with Gasteiger partial charge < -0.3 is 14.6 Å². The van der Waals surface area contributed by atoms with Crippen LogP contribution in [0.15, 0.2) is 29.9 Å². The van der Waals surface area contributed by atoms with E-state index in [4.69, 9.17) is 4.74 Å². The predicted molar refractivity (Wildman–Crippen MR) is 80.9 cm³/mol. The van der Waals surface area contributed by atoms with Gasteiger partial charge in [-0.2, -0.15) is 0 Å². The molecular weight excluding hydrogens is 270 g/mol. The maximum atomic E-state index is 5.69. The van der Waals surface area contributed by atoms with Crippen molar-refractivity contribution in [3.8, 4) is 0 Å². The van der Waals surface area contributed by atoms with Gasteiger partial charge in [-0.1, -0.05) is 6.07 Å². The van der Waals surface area contributed by atoms with E-state index in [2.05, 4.69) is 32.4 Å². The molecular formula is C15H21N3OS. The number of ether oxygens (including phenoxy) is 1. The Balaban J connectivity index is 1.56. The first-order valence-corrected chi connectivity index (χ1v) is 8.04. The summed E-state index contributed by atoms with van der Waals surface area (Å²) in [6.45, 7) is 2.54. The molecule has 3 rings (SSSR count). The molecule has 0 bridgehead atoms. The zero-order valence-corrected chi connectivity index (χ0v) is 12.6. The molecule has 1 unspecified atom stereocenters. The fourth-order valence-corrected chi connectivity index (χ4v) is 3.04. The van der Waals surface area contributed by atoms with E-state index >= 15 is 0 Å². The van der Waals surface area contributed by atoms with Gasteiger partial charge in [-0.05, 0) is 30.2 Å². The Morgan fingerprint density at radius 1 is 1.55 bits per heavy atom. The van der Waals surface area contributed by atoms with Crippen LogP contribution < -0.4 is 5.32 Å². The second-order valence-corrected chi connectivity index (χ2v) is 6.30. The third-order valence-corrected chi connectivity index (χ3v) is 4.53. The fraction of sp³-hybridized carbons (Fsp3) is 0.533. The molecule has 2 aromatic rings. The normalized spacial score (nSPS) is 16.4. The highest BCUT2D eigenvalue weighted by Crippen LogP contribution is 2.28. The van der Waals surface area contributed by atoms with Crippen LogP contribution in [0.25, 0.3) is 0 Å². The number of hydrogen-bond acceptors (Lipinski definition) is 4. The monoisotopic (exact) mass is 291 g/mol. The van der Waals surface area contributed by atoms with E-state index in [-0.39, 0.29) is 6.04 Å². The van der Waals surface area contributed by atoms with Crippen LogP contribution in [-0.4, -0.2) is 29.3 Å². The summed E-state index contributed by atoms with van der Waals surface area (Å²) >= 11 is 1.76. The van der Waals surface area contributed by atoms with Gasteiger partial charge in [-0.3, -0.25) is 0 Å². The van der Waals surface area contributed by atoms with Gasteiger partial charge in [0.05, 0.1) is 6.61 Å². The SMILES string of the molecule is Cn1ccnc1C(NCCOCC1CC1)c1cccs1. The topological polar surface area (TPSA) is 39.1 Å². The number of rotatable bonds is 8. The van der Waals surface area contributed by atoms with E-state index in [9.17, 15) is 0 Å². The Morgan fingerprint density at radius 2 is 2.45 bits per heavy atom. The molecule has 0 saturated heterocycles. The van der Waals surface area contributed by atoms with Crippen molar-refractivity contribution in [2.45, 2.75) is 18.9 Å². The lowest BCUT2D eigenvalue weighted by molar-refractivity contribution is 0.125. The van der Waals surface area contributed by atoms with Crippen LogP contribution in [0.4, 0.5) is 0 Å². The average Bonchev–Trinajstić information content (AvgIpc) is 2.94. The molecule has 0 amide bonds. The van der Waals surface area contributed by atoms with Crippen molar-refractivity contribution in [2.75, 3.05) is 19.8 Å². The van der Waals surface area contributed by atoms with Crippen LogP contribution in [0.5, 0.6) is 0 Å². The summed E-state index contributed by atoms with van der Waals surface area (Å²) in [5, 5.41) is 5.67. The van der Waals surface area contributed by atoms with Gasteiger partial charge in [-0.15, -0.1) is 11.3 Å². The van der Waals surface area contributed by atoms with Gasteiger partial charge in [-0.25, -0.2) is 4.98 Å². The molecule has 1 aliphatic carbocycles. The number of nitrogens with one attached hydrogen (secondary N) is 1. The molecule has 0 radical (unpaired) electrons. The fourth-order valence-electron chi connectivity index (χ4n) is 2.24. The Hall–Kier alpha value is -1.17. The molecule has 4 nitrogen and oxygen atoms in total. The van der Waals surface area contributed by atoms with Crippen molar-refractivity contribution >= 4 is 11.3 Å². The van der Waals surface area contributed by atoms with E-state index in [0.29, 0.717) is 0 Å². The van der Waals surface area contributed by atoms with Crippen molar-refractivity contribution < 1.29 is 4.74 Å². The number of imidazole rings is 1. The predicted octanol–water partition coefficient (Wildman–Crippen LogP) is 2.59. The van der Waals surface area contributed by atoms with Crippen molar-refractivity contribution in [3.63, 3.8) is 0 Å². The Bertz CT molecular complexity index is 519. The smallest absolute Gasteiger partial charge is 0.131 e. The van der Waals surface area contributed by atoms with E-state index in [1.165, 1.54) is 17.7 Å². The van der Waals surface area contributed by atoms with Crippen LogP contribution in [0.3, 0.4) is 0 Å². The van der Waals surface area contributed by atoms with E-state index in [1.54, 1.807) is 11.3 Å². The standard InChI is InChI=1S/C15H21N3OS/c1-18-8-6-17-15(18)14(13-3-2-10-20-13)16-7-9-19-11-12-4-5-12/h2-3,6,8,10,12,14,16H,4-5,7,9,11H2,1H3. The Labute approximate surface area is 123 Å². The molecule has 0 aliphatic heterocycles. The summed E-state index contributed by atoms with van der Waals surface area (Å²) in [6.07, 6.45) is 6.53. The van der Waals surface area contributed by atoms with E-state index < -0.39 is 0 Å². The summed E-state index contributed by atoms with van der Waals surface area (Å²) in [4.78, 5) is 5.77. The summed E-state index contributed by atoms with van der Waals surface area (Å²) < 4.78 is 7.76. The van der Waals surface area contributed by atoms with E-state index in [0.717, 1.165) is 31.5 Å². The highest BCUT2D eigenvalue weighted by molar-refractivity contribution is 7.10. The lowest BCUT2D eigenvalue weighted by atomic mass is 10.2. The Morgan fingerprint density at radius 3 is 3.10 bits per heavy atom. The average molecular weight is 291 g/mol. The summed E-state index contributed by atoms with van der Waals surface area (Å²) in [7, 11) is 2.04. The molecule has 1 saturated carbocycles. The number of aromatic nitrogens is 2. The second kappa shape index (κ2) is 6.52. The molecule has 1 fully saturated rings. The third-order valence-electron chi connectivity index (χ3n) is 3.59. The van der Waals surface area contributed by atoms with Gasteiger partial charge in [0.25, 0.3) is 0 Å². The summed E-state index contributed by atoms with van der Waals surface area (Å²) in [5.41, 5.74) is 0. The zero-order valence-electron chi connectivity index (χ0n) is 11.8. The molecule has 2 aromatic heterocycles. The van der Waals surface area contributed by atoms with Crippen molar-refractivity contribution in [2.24, 2.45) is 13.0 Å². The molecule has 0 spiro atoms. The summed E-state index contributed by atoms with van der Waals surface area (Å²) in [6, 6.07) is 4.39. The minimum absolute atomic E-state index is 0.152. The van der Waals surface area contributed by atoms with Crippen LogP contribution in [0, 0.1) is 5.92 Å². The lowest BCUT2D eigenvalue weighted by Gasteiger charge is -2.17. The van der Waals surface area contributed by atoms with Crippen LogP contribution >= 0.6 is 11.3 Å². The highest BCUT2D eigenvalue weighted by atomic mass is 32.1. The first-order chi connectivity index (χ1) is 9.84. The first kappa shape index (κ1) is 13.8. The van der Waals surface area contributed by atoms with Crippen molar-refractivity contribution in [1.82, 2.24) is 14.9 Å². The zero-order chi connectivity index (χ0) is 13.8. The molecule has 0 aromatic carbocycles. The summed E-state index contributed by atoms with van der Waals surface area (Å²) in [5.74, 6) is 1.88. The van der Waals surface area contributed by atoms with Crippen molar-refractivity contribution in [3.05, 3.63) is 40.6 Å². The first-order valence-electron chi connectivity index (χ1n) is 7.16. The molecule has 1 N–H and O–H groups in total. The maximum absolute atomic E-state index is 5.69.